The zero-order valence-electron chi connectivity index (χ0n) is 12.9. The van der Waals surface area contributed by atoms with E-state index < -0.39 is 0 Å². The Morgan fingerprint density at radius 3 is 2.48 bits per heavy atom. The molecule has 1 nitrogen and oxygen atoms in total. The molecule has 0 unspecified atom stereocenters. The van der Waals surface area contributed by atoms with E-state index in [4.69, 9.17) is 11.6 Å². The first-order valence-corrected chi connectivity index (χ1v) is 7.55. The van der Waals surface area contributed by atoms with Crippen LogP contribution < -0.4 is 5.32 Å². The minimum atomic E-state index is -0.180. The van der Waals surface area contributed by atoms with E-state index in [-0.39, 0.29) is 5.82 Å². The van der Waals surface area contributed by atoms with Crippen molar-refractivity contribution in [3.05, 3.63) is 57.9 Å². The van der Waals surface area contributed by atoms with Crippen LogP contribution in [0.1, 0.15) is 30.5 Å². The summed E-state index contributed by atoms with van der Waals surface area (Å²) in [5, 5.41) is 4.04. The lowest BCUT2D eigenvalue weighted by Crippen LogP contribution is -2.22. The van der Waals surface area contributed by atoms with E-state index in [1.807, 2.05) is 38.1 Å². The van der Waals surface area contributed by atoms with Crippen LogP contribution in [0.3, 0.4) is 0 Å². The molecule has 0 radical (unpaired) electrons. The number of halogens is 2. The lowest BCUT2D eigenvalue weighted by Gasteiger charge is -2.16. The Balaban J connectivity index is 2.53. The SMILES string of the molecule is Cc1cc(C)c(-c2ccc(Cl)cc2CNC(C)C)c(F)c1. The fourth-order valence-electron chi connectivity index (χ4n) is 2.52. The maximum Gasteiger partial charge on any atom is 0.131 e. The van der Waals surface area contributed by atoms with Crippen LogP contribution >= 0.6 is 11.6 Å². The number of nitrogens with one attached hydrogen (secondary N) is 1. The zero-order chi connectivity index (χ0) is 15.6. The maximum atomic E-state index is 14.4. The van der Waals surface area contributed by atoms with Crippen molar-refractivity contribution in [1.82, 2.24) is 5.32 Å². The molecule has 0 heterocycles. The largest absolute Gasteiger partial charge is 0.310 e. The minimum absolute atomic E-state index is 0.180. The summed E-state index contributed by atoms with van der Waals surface area (Å²) in [6, 6.07) is 9.57. The van der Waals surface area contributed by atoms with Gasteiger partial charge in [-0.05, 0) is 54.3 Å². The van der Waals surface area contributed by atoms with Crippen molar-refractivity contribution in [3.8, 4) is 11.1 Å². The van der Waals surface area contributed by atoms with E-state index in [0.29, 0.717) is 23.2 Å². The number of benzene rings is 2. The van der Waals surface area contributed by atoms with Crippen molar-refractivity contribution in [2.75, 3.05) is 0 Å². The molecule has 0 saturated heterocycles. The van der Waals surface area contributed by atoms with Gasteiger partial charge in [-0.15, -0.1) is 0 Å². The summed E-state index contributed by atoms with van der Waals surface area (Å²) >= 11 is 6.10. The van der Waals surface area contributed by atoms with Gasteiger partial charge in [-0.2, -0.15) is 0 Å². The second kappa shape index (κ2) is 6.59. The van der Waals surface area contributed by atoms with Crippen LogP contribution in [-0.4, -0.2) is 6.04 Å². The lowest BCUT2D eigenvalue weighted by molar-refractivity contribution is 0.588. The van der Waals surface area contributed by atoms with Crippen molar-refractivity contribution in [1.29, 1.82) is 0 Å². The summed E-state index contributed by atoms with van der Waals surface area (Å²) in [6.45, 7) is 8.69. The van der Waals surface area contributed by atoms with Crippen molar-refractivity contribution in [2.24, 2.45) is 0 Å². The van der Waals surface area contributed by atoms with E-state index in [1.54, 1.807) is 6.07 Å². The standard InChI is InChI=1S/C18H21ClFN/c1-11(2)21-10-14-9-15(19)5-6-16(14)18-13(4)7-12(3)8-17(18)20/h5-9,11,21H,10H2,1-4H3. The van der Waals surface area contributed by atoms with E-state index >= 15 is 0 Å². The molecule has 2 aromatic carbocycles. The highest BCUT2D eigenvalue weighted by Crippen LogP contribution is 2.32. The second-order valence-electron chi connectivity index (χ2n) is 5.78. The highest BCUT2D eigenvalue weighted by atomic mass is 35.5. The van der Waals surface area contributed by atoms with E-state index in [0.717, 1.165) is 22.3 Å². The minimum Gasteiger partial charge on any atom is -0.310 e. The van der Waals surface area contributed by atoms with Crippen LogP contribution in [0.25, 0.3) is 11.1 Å². The van der Waals surface area contributed by atoms with Gasteiger partial charge in [0.25, 0.3) is 0 Å². The van der Waals surface area contributed by atoms with E-state index in [1.165, 1.54) is 0 Å². The van der Waals surface area contributed by atoms with Crippen molar-refractivity contribution < 1.29 is 4.39 Å². The highest BCUT2D eigenvalue weighted by Gasteiger charge is 2.14. The molecule has 0 aliphatic rings. The van der Waals surface area contributed by atoms with Crippen molar-refractivity contribution in [3.63, 3.8) is 0 Å². The molecule has 3 heteroatoms. The molecule has 0 aliphatic heterocycles. The number of rotatable bonds is 4. The maximum absolute atomic E-state index is 14.4. The fraction of sp³-hybridized carbons (Fsp3) is 0.333. The Kier molecular flexibility index (Phi) is 5.02. The van der Waals surface area contributed by atoms with Crippen LogP contribution in [0.2, 0.25) is 5.02 Å². The normalized spacial score (nSPS) is 11.2. The third-order valence-electron chi connectivity index (χ3n) is 3.47. The van der Waals surface area contributed by atoms with Crippen LogP contribution in [0.15, 0.2) is 30.3 Å². The van der Waals surface area contributed by atoms with Crippen LogP contribution in [0, 0.1) is 19.7 Å². The second-order valence-corrected chi connectivity index (χ2v) is 6.21. The molecule has 21 heavy (non-hydrogen) atoms. The van der Waals surface area contributed by atoms with Gasteiger partial charge in [0.1, 0.15) is 5.82 Å². The molecular weight excluding hydrogens is 285 g/mol. The molecule has 0 aromatic heterocycles. The molecule has 2 rings (SSSR count). The summed E-state index contributed by atoms with van der Waals surface area (Å²) < 4.78 is 14.4. The lowest BCUT2D eigenvalue weighted by atomic mass is 9.94. The summed E-state index contributed by atoms with van der Waals surface area (Å²) in [5.41, 5.74) is 4.47. The summed E-state index contributed by atoms with van der Waals surface area (Å²) in [4.78, 5) is 0. The first kappa shape index (κ1) is 16.0. The molecule has 0 fully saturated rings. The van der Waals surface area contributed by atoms with Gasteiger partial charge in [0, 0.05) is 23.2 Å². The van der Waals surface area contributed by atoms with Gasteiger partial charge in [-0.25, -0.2) is 4.39 Å². The number of hydrogen-bond donors (Lipinski definition) is 1. The summed E-state index contributed by atoms with van der Waals surface area (Å²) in [5.74, 6) is -0.180. The molecule has 0 bridgehead atoms. The van der Waals surface area contributed by atoms with E-state index in [9.17, 15) is 4.39 Å². The highest BCUT2D eigenvalue weighted by molar-refractivity contribution is 6.30. The van der Waals surface area contributed by atoms with Gasteiger partial charge in [-0.1, -0.05) is 37.6 Å². The van der Waals surface area contributed by atoms with Gasteiger partial charge < -0.3 is 5.32 Å². The first-order chi connectivity index (χ1) is 9.88. The predicted molar refractivity (Wildman–Crippen MR) is 88.3 cm³/mol. The van der Waals surface area contributed by atoms with Gasteiger partial charge in [-0.3, -0.25) is 0 Å². The Hall–Kier alpha value is -1.38. The molecule has 2 aromatic rings. The third-order valence-corrected chi connectivity index (χ3v) is 3.70. The molecular formula is C18H21ClFN. The molecule has 0 aliphatic carbocycles. The quantitative estimate of drug-likeness (QED) is 0.812. The topological polar surface area (TPSA) is 12.0 Å². The Bertz CT molecular complexity index is 627. The van der Waals surface area contributed by atoms with Gasteiger partial charge >= 0.3 is 0 Å². The molecule has 0 spiro atoms. The van der Waals surface area contributed by atoms with Gasteiger partial charge in [0.15, 0.2) is 0 Å². The van der Waals surface area contributed by atoms with Crippen LogP contribution in [-0.2, 0) is 6.54 Å². The van der Waals surface area contributed by atoms with Gasteiger partial charge in [0.2, 0.25) is 0 Å². The van der Waals surface area contributed by atoms with Crippen molar-refractivity contribution in [2.45, 2.75) is 40.3 Å². The average molecular weight is 306 g/mol. The smallest absolute Gasteiger partial charge is 0.131 e. The average Bonchev–Trinajstić information content (AvgIpc) is 2.37. The van der Waals surface area contributed by atoms with Crippen molar-refractivity contribution >= 4 is 11.6 Å². The number of hydrogen-bond acceptors (Lipinski definition) is 1. The summed E-state index contributed by atoms with van der Waals surface area (Å²) in [7, 11) is 0. The third kappa shape index (κ3) is 3.84. The van der Waals surface area contributed by atoms with Crippen LogP contribution in [0.4, 0.5) is 4.39 Å². The molecule has 0 saturated carbocycles. The monoisotopic (exact) mass is 305 g/mol. The Morgan fingerprint density at radius 1 is 1.14 bits per heavy atom. The molecule has 0 atom stereocenters. The zero-order valence-corrected chi connectivity index (χ0v) is 13.7. The molecule has 0 amide bonds. The summed E-state index contributed by atoms with van der Waals surface area (Å²) in [6.07, 6.45) is 0. The predicted octanol–water partition coefficient (Wildman–Crippen LogP) is 5.26. The Morgan fingerprint density at radius 2 is 1.86 bits per heavy atom. The van der Waals surface area contributed by atoms with Crippen LogP contribution in [0.5, 0.6) is 0 Å². The molecule has 1 N–H and O–H groups in total. The molecule has 112 valence electrons. The Labute approximate surface area is 131 Å². The van der Waals surface area contributed by atoms with Gasteiger partial charge in [0.05, 0.1) is 0 Å². The number of aryl methyl sites for hydroxylation is 2. The first-order valence-electron chi connectivity index (χ1n) is 7.17. The van der Waals surface area contributed by atoms with E-state index in [2.05, 4.69) is 19.2 Å². The fourth-order valence-corrected chi connectivity index (χ4v) is 2.72.